The molecule has 1 atom stereocenters. The molecule has 2 aromatic heterocycles. The Morgan fingerprint density at radius 1 is 1.23 bits per heavy atom. The normalized spacial score (nSPS) is 17.2. The molecule has 3 aromatic rings. The van der Waals surface area contributed by atoms with Gasteiger partial charge >= 0.3 is 0 Å². The van der Waals surface area contributed by atoms with Gasteiger partial charge in [0.05, 0.1) is 11.4 Å². The van der Waals surface area contributed by atoms with E-state index in [-0.39, 0.29) is 17.7 Å². The minimum Gasteiger partial charge on any atom is -0.369 e. The van der Waals surface area contributed by atoms with E-state index in [1.807, 2.05) is 59.3 Å². The molecule has 3 N–H and O–H groups in total. The molecule has 1 unspecified atom stereocenters. The van der Waals surface area contributed by atoms with Crippen LogP contribution in [0.2, 0.25) is 0 Å². The van der Waals surface area contributed by atoms with Crippen LogP contribution in [0.25, 0.3) is 5.52 Å². The Kier molecular flexibility index (Phi) is 6.06. The van der Waals surface area contributed by atoms with Crippen molar-refractivity contribution in [3.8, 4) is 0 Å². The number of thioether (sulfide) groups is 1. The molecule has 1 saturated heterocycles. The number of nitrogens with one attached hydrogen (secondary N) is 1. The number of primary amides is 1. The summed E-state index contributed by atoms with van der Waals surface area (Å²) in [6.45, 7) is 2.44. The second-order valence-electron chi connectivity index (χ2n) is 7.53. The lowest BCUT2D eigenvalue weighted by atomic mass is 9.97. The van der Waals surface area contributed by atoms with Gasteiger partial charge in [0.2, 0.25) is 5.91 Å². The van der Waals surface area contributed by atoms with E-state index >= 15 is 0 Å². The Hall–Kier alpha value is -2.84. The molecule has 0 aliphatic carbocycles. The highest BCUT2D eigenvalue weighted by atomic mass is 32.2. The first-order valence-electron chi connectivity index (χ1n) is 9.98. The Labute approximate surface area is 179 Å². The summed E-state index contributed by atoms with van der Waals surface area (Å²) in [5.41, 5.74) is 8.52. The molecule has 7 nitrogen and oxygen atoms in total. The molecule has 0 radical (unpaired) electrons. The smallest absolute Gasteiger partial charge is 0.276 e. The van der Waals surface area contributed by atoms with Crippen molar-refractivity contribution in [1.82, 2.24) is 14.3 Å². The predicted octanol–water partition coefficient (Wildman–Crippen LogP) is 3.01. The molecule has 0 bridgehead atoms. The lowest BCUT2D eigenvalue weighted by molar-refractivity contribution is -0.123. The largest absolute Gasteiger partial charge is 0.369 e. The topological polar surface area (TPSA) is 92.7 Å². The van der Waals surface area contributed by atoms with Crippen molar-refractivity contribution in [1.29, 1.82) is 0 Å². The van der Waals surface area contributed by atoms with Gasteiger partial charge in [-0.1, -0.05) is 30.0 Å². The van der Waals surface area contributed by atoms with Gasteiger partial charge in [-0.05, 0) is 55.5 Å². The number of benzene rings is 1. The lowest BCUT2D eigenvalue weighted by Gasteiger charge is -2.31. The monoisotopic (exact) mass is 423 g/mol. The van der Waals surface area contributed by atoms with Gasteiger partial charge in [0.25, 0.3) is 5.91 Å². The number of carbonyl (C=O) groups is 2. The van der Waals surface area contributed by atoms with Gasteiger partial charge < -0.3 is 11.1 Å². The minimum atomic E-state index is -0.230. The van der Waals surface area contributed by atoms with Crippen molar-refractivity contribution in [3.05, 3.63) is 59.9 Å². The van der Waals surface area contributed by atoms with Crippen molar-refractivity contribution in [2.45, 2.75) is 24.5 Å². The van der Waals surface area contributed by atoms with E-state index in [4.69, 9.17) is 5.73 Å². The zero-order valence-corrected chi connectivity index (χ0v) is 17.7. The van der Waals surface area contributed by atoms with Gasteiger partial charge in [0, 0.05) is 25.0 Å². The van der Waals surface area contributed by atoms with Crippen LogP contribution in [0, 0.1) is 5.92 Å². The number of hydrogen-bond acceptors (Lipinski definition) is 5. The summed E-state index contributed by atoms with van der Waals surface area (Å²) >= 11 is 1.50. The fourth-order valence-corrected chi connectivity index (χ4v) is 4.43. The maximum Gasteiger partial charge on any atom is 0.276 e. The van der Waals surface area contributed by atoms with Gasteiger partial charge in [-0.3, -0.25) is 18.9 Å². The molecule has 156 valence electrons. The molecule has 1 aliphatic rings. The first kappa shape index (κ1) is 20.4. The number of pyridine rings is 1. The number of nitrogens with zero attached hydrogens (tertiary/aromatic N) is 3. The highest BCUT2D eigenvalue weighted by Crippen LogP contribution is 2.22. The quantitative estimate of drug-likeness (QED) is 0.595. The number of nitrogens with two attached hydrogens (primary N) is 1. The Morgan fingerprint density at radius 2 is 2.03 bits per heavy atom. The van der Waals surface area contributed by atoms with E-state index in [2.05, 4.69) is 15.2 Å². The second-order valence-corrected chi connectivity index (χ2v) is 8.30. The highest BCUT2D eigenvalue weighted by molar-refractivity contribution is 7.98. The molecule has 3 heterocycles. The van der Waals surface area contributed by atoms with E-state index in [0.29, 0.717) is 12.2 Å². The predicted molar refractivity (Wildman–Crippen MR) is 119 cm³/mol. The molecule has 1 aromatic carbocycles. The van der Waals surface area contributed by atoms with Gasteiger partial charge in [-0.2, -0.15) is 0 Å². The van der Waals surface area contributed by atoms with Crippen LogP contribution in [-0.2, 0) is 11.3 Å². The van der Waals surface area contributed by atoms with Crippen LogP contribution in [-0.4, -0.2) is 45.4 Å². The third-order valence-corrected chi connectivity index (χ3v) is 6.09. The van der Waals surface area contributed by atoms with Crippen LogP contribution in [0.5, 0.6) is 0 Å². The zero-order valence-electron chi connectivity index (χ0n) is 16.9. The fourth-order valence-electron chi connectivity index (χ4n) is 3.89. The van der Waals surface area contributed by atoms with Crippen LogP contribution in [0.15, 0.2) is 53.8 Å². The number of aromatic nitrogens is 2. The average molecular weight is 424 g/mol. The summed E-state index contributed by atoms with van der Waals surface area (Å²) < 4.78 is 1.92. The van der Waals surface area contributed by atoms with Gasteiger partial charge in [-0.15, -0.1) is 0 Å². The molecule has 4 rings (SSSR count). The molecule has 2 amide bonds. The van der Waals surface area contributed by atoms with Gasteiger partial charge in [0.1, 0.15) is 0 Å². The number of hydrogen-bond donors (Lipinski definition) is 2. The average Bonchev–Trinajstić information content (AvgIpc) is 3.14. The number of imidazole rings is 1. The number of carbonyl (C=O) groups excluding carboxylic acids is 2. The molecule has 1 fully saturated rings. The molecular weight excluding hydrogens is 398 g/mol. The SMILES string of the molecule is CSc1nc(C(=O)Nc2ccc(CN3CCCC(C(N)=O)C3)cc2)c2ccccn12. The summed E-state index contributed by atoms with van der Waals surface area (Å²) in [4.78, 5) is 31.0. The number of likely N-dealkylation sites (tertiary alicyclic amines) is 1. The summed E-state index contributed by atoms with van der Waals surface area (Å²) in [6.07, 6.45) is 5.70. The number of piperidine rings is 1. The van der Waals surface area contributed by atoms with Crippen molar-refractivity contribution in [2.75, 3.05) is 24.7 Å². The van der Waals surface area contributed by atoms with E-state index in [1.54, 1.807) is 0 Å². The summed E-state index contributed by atoms with van der Waals surface area (Å²) in [5, 5.41) is 3.72. The zero-order chi connectivity index (χ0) is 21.1. The minimum absolute atomic E-state index is 0.0618. The molecule has 0 spiro atoms. The van der Waals surface area contributed by atoms with Crippen LogP contribution in [0.4, 0.5) is 5.69 Å². The third kappa shape index (κ3) is 4.34. The Bertz CT molecular complexity index is 1060. The summed E-state index contributed by atoms with van der Waals surface area (Å²) in [6, 6.07) is 13.5. The van der Waals surface area contributed by atoms with Crippen molar-refractivity contribution in [2.24, 2.45) is 11.7 Å². The first-order valence-corrected chi connectivity index (χ1v) is 11.2. The highest BCUT2D eigenvalue weighted by Gasteiger charge is 2.24. The van der Waals surface area contributed by atoms with Crippen LogP contribution in [0.3, 0.4) is 0 Å². The number of amides is 2. The van der Waals surface area contributed by atoms with Gasteiger partial charge in [0.15, 0.2) is 10.9 Å². The number of anilines is 1. The van der Waals surface area contributed by atoms with E-state index in [0.717, 1.165) is 47.9 Å². The summed E-state index contributed by atoms with van der Waals surface area (Å²) in [5.74, 6) is -0.505. The Balaban J connectivity index is 1.43. The molecule has 8 heteroatoms. The van der Waals surface area contributed by atoms with Crippen LogP contribution >= 0.6 is 11.8 Å². The summed E-state index contributed by atoms with van der Waals surface area (Å²) in [7, 11) is 0. The number of rotatable bonds is 6. The Morgan fingerprint density at radius 3 is 2.77 bits per heavy atom. The van der Waals surface area contributed by atoms with Crippen LogP contribution in [0.1, 0.15) is 28.9 Å². The lowest BCUT2D eigenvalue weighted by Crippen LogP contribution is -2.40. The third-order valence-electron chi connectivity index (χ3n) is 5.44. The maximum absolute atomic E-state index is 12.8. The van der Waals surface area contributed by atoms with E-state index in [1.165, 1.54) is 11.8 Å². The maximum atomic E-state index is 12.8. The first-order chi connectivity index (χ1) is 14.5. The van der Waals surface area contributed by atoms with Crippen molar-refractivity contribution < 1.29 is 9.59 Å². The molecule has 1 aliphatic heterocycles. The van der Waals surface area contributed by atoms with Crippen molar-refractivity contribution >= 4 is 34.8 Å². The number of fused-ring (bicyclic) bond motifs is 1. The van der Waals surface area contributed by atoms with Crippen LogP contribution < -0.4 is 11.1 Å². The second kappa shape index (κ2) is 8.89. The van der Waals surface area contributed by atoms with E-state index in [9.17, 15) is 9.59 Å². The molecule has 30 heavy (non-hydrogen) atoms. The molecular formula is C22H25N5O2S. The molecule has 0 saturated carbocycles. The standard InChI is InChI=1S/C22H25N5O2S/c1-30-22-25-19(18-6-2-3-12-27(18)22)21(29)24-17-9-7-15(8-10-17)13-26-11-4-5-16(14-26)20(23)28/h2-3,6-10,12,16H,4-5,11,13-14H2,1H3,(H2,23,28)(H,24,29). The van der Waals surface area contributed by atoms with Crippen molar-refractivity contribution in [3.63, 3.8) is 0 Å². The van der Waals surface area contributed by atoms with Gasteiger partial charge in [-0.25, -0.2) is 4.98 Å². The fraction of sp³-hybridized carbons (Fsp3) is 0.318. The van der Waals surface area contributed by atoms with E-state index < -0.39 is 0 Å².